The number of nitrogen functional groups attached to an aromatic ring is 1. The topological polar surface area (TPSA) is 83.8 Å². The van der Waals surface area contributed by atoms with Crippen molar-refractivity contribution in [2.45, 2.75) is 6.54 Å². The summed E-state index contributed by atoms with van der Waals surface area (Å²) in [6, 6.07) is 1.96. The number of anilines is 1. The molecule has 0 aliphatic carbocycles. The van der Waals surface area contributed by atoms with E-state index in [2.05, 4.69) is 31.4 Å². The zero-order valence-electron chi connectivity index (χ0n) is 8.16. The van der Waals surface area contributed by atoms with Crippen LogP contribution in [0, 0.1) is 0 Å². The molecule has 0 bridgehead atoms. The average Bonchev–Trinajstić information content (AvgIpc) is 2.84. The molecule has 0 radical (unpaired) electrons. The molecule has 0 spiro atoms. The smallest absolute Gasteiger partial charge is 0.271 e. The molecule has 2 aromatic rings. The highest BCUT2D eigenvalue weighted by Crippen LogP contribution is 2.19. The highest BCUT2D eigenvalue weighted by atomic mass is 79.9. The fraction of sp³-hybridized carbons (Fsp3) is 0.111. The summed E-state index contributed by atoms with van der Waals surface area (Å²) in [5.74, 6) is -0.250. The van der Waals surface area contributed by atoms with Gasteiger partial charge in [-0.25, -0.2) is 0 Å². The molecule has 2 heterocycles. The zero-order valence-corrected chi connectivity index (χ0v) is 10.6. The van der Waals surface area contributed by atoms with E-state index in [1.54, 1.807) is 11.3 Å². The number of nitrogens with two attached hydrogens (primary N) is 1. The minimum absolute atomic E-state index is 0.250. The number of carbonyl (C=O) groups is 1. The highest BCUT2D eigenvalue weighted by molar-refractivity contribution is 9.10. The van der Waals surface area contributed by atoms with Crippen molar-refractivity contribution in [2.24, 2.45) is 0 Å². The molecule has 16 heavy (non-hydrogen) atoms. The van der Waals surface area contributed by atoms with Crippen LogP contribution >= 0.6 is 27.3 Å². The first-order chi connectivity index (χ1) is 7.66. The fourth-order valence-corrected chi connectivity index (χ4v) is 2.57. The summed E-state index contributed by atoms with van der Waals surface area (Å²) in [7, 11) is 0. The maximum Gasteiger partial charge on any atom is 0.271 e. The average molecular weight is 301 g/mol. The van der Waals surface area contributed by atoms with E-state index in [0.29, 0.717) is 17.9 Å². The van der Waals surface area contributed by atoms with Gasteiger partial charge >= 0.3 is 0 Å². The third-order valence-corrected chi connectivity index (χ3v) is 3.64. The Morgan fingerprint density at radius 2 is 2.50 bits per heavy atom. The summed E-state index contributed by atoms with van der Waals surface area (Å²) in [5.41, 5.74) is 6.21. The van der Waals surface area contributed by atoms with Crippen LogP contribution in [0.15, 0.2) is 22.1 Å². The second-order valence-corrected chi connectivity index (χ2v) is 5.03. The molecule has 84 valence electrons. The molecule has 0 unspecified atom stereocenters. The number of aromatic nitrogens is 2. The number of hydrogen-bond acceptors (Lipinski definition) is 4. The highest BCUT2D eigenvalue weighted by Gasteiger charge is 2.11. The van der Waals surface area contributed by atoms with Crippen LogP contribution < -0.4 is 11.1 Å². The van der Waals surface area contributed by atoms with Crippen LogP contribution in [-0.2, 0) is 6.54 Å². The Morgan fingerprint density at radius 1 is 1.69 bits per heavy atom. The van der Waals surface area contributed by atoms with Gasteiger partial charge in [0.15, 0.2) is 0 Å². The summed E-state index contributed by atoms with van der Waals surface area (Å²) < 4.78 is 1.02. The number of H-pyrrole nitrogens is 1. The first-order valence-corrected chi connectivity index (χ1v) is 6.14. The van der Waals surface area contributed by atoms with Crippen LogP contribution in [0.1, 0.15) is 15.4 Å². The van der Waals surface area contributed by atoms with E-state index < -0.39 is 0 Å². The molecule has 2 rings (SSSR count). The second kappa shape index (κ2) is 4.67. The quantitative estimate of drug-likeness (QED) is 0.807. The van der Waals surface area contributed by atoms with Crippen LogP contribution in [0.3, 0.4) is 0 Å². The lowest BCUT2D eigenvalue weighted by atomic mass is 10.3. The van der Waals surface area contributed by atoms with E-state index in [-0.39, 0.29) is 5.91 Å². The van der Waals surface area contributed by atoms with Gasteiger partial charge in [-0.15, -0.1) is 11.3 Å². The predicted octanol–water partition coefficient (Wildman–Crippen LogP) is 1.75. The van der Waals surface area contributed by atoms with Crippen LogP contribution in [-0.4, -0.2) is 16.1 Å². The van der Waals surface area contributed by atoms with Crippen molar-refractivity contribution in [3.63, 3.8) is 0 Å². The van der Waals surface area contributed by atoms with Gasteiger partial charge in [-0.3, -0.25) is 9.89 Å². The molecule has 5 nitrogen and oxygen atoms in total. The molecule has 0 aliphatic rings. The summed E-state index contributed by atoms with van der Waals surface area (Å²) in [5, 5.41) is 11.0. The number of nitrogens with one attached hydrogen (secondary N) is 2. The van der Waals surface area contributed by atoms with Gasteiger partial charge in [0.05, 0.1) is 18.4 Å². The molecule has 0 aliphatic heterocycles. The minimum atomic E-state index is -0.250. The SMILES string of the molecule is Nc1cn[nH]c1C(=O)NCc1cc(Br)cs1. The largest absolute Gasteiger partial charge is 0.396 e. The van der Waals surface area contributed by atoms with E-state index in [0.717, 1.165) is 9.35 Å². The van der Waals surface area contributed by atoms with Crippen LogP contribution in [0.25, 0.3) is 0 Å². The van der Waals surface area contributed by atoms with Crippen LogP contribution in [0.4, 0.5) is 5.69 Å². The van der Waals surface area contributed by atoms with Crippen molar-refractivity contribution in [2.75, 3.05) is 5.73 Å². The molecular weight excluding hydrogens is 292 g/mol. The molecule has 0 atom stereocenters. The number of hydrogen-bond donors (Lipinski definition) is 3. The van der Waals surface area contributed by atoms with Crippen LogP contribution in [0.5, 0.6) is 0 Å². The molecule has 0 fully saturated rings. The van der Waals surface area contributed by atoms with Gasteiger partial charge in [0.25, 0.3) is 5.91 Å². The van der Waals surface area contributed by atoms with Crippen molar-refractivity contribution in [3.05, 3.63) is 32.7 Å². The van der Waals surface area contributed by atoms with Crippen molar-refractivity contribution in [3.8, 4) is 0 Å². The molecule has 2 aromatic heterocycles. The molecule has 4 N–H and O–H groups in total. The predicted molar refractivity (Wildman–Crippen MR) is 66.2 cm³/mol. The maximum absolute atomic E-state index is 11.6. The number of halogens is 1. The minimum Gasteiger partial charge on any atom is -0.396 e. The first kappa shape index (κ1) is 11.2. The number of amides is 1. The molecular formula is C9H9BrN4OS. The number of rotatable bonds is 3. The van der Waals surface area contributed by atoms with Gasteiger partial charge in [-0.1, -0.05) is 0 Å². The summed E-state index contributed by atoms with van der Waals surface area (Å²) in [6.45, 7) is 0.480. The Kier molecular flexibility index (Phi) is 3.25. The van der Waals surface area contributed by atoms with Gasteiger partial charge in [0.2, 0.25) is 0 Å². The lowest BCUT2D eigenvalue weighted by molar-refractivity contribution is 0.0947. The van der Waals surface area contributed by atoms with Crippen molar-refractivity contribution in [1.82, 2.24) is 15.5 Å². The normalized spacial score (nSPS) is 10.3. The maximum atomic E-state index is 11.6. The van der Waals surface area contributed by atoms with E-state index >= 15 is 0 Å². The lowest BCUT2D eigenvalue weighted by Gasteiger charge is -2.01. The first-order valence-electron chi connectivity index (χ1n) is 4.47. The Hall–Kier alpha value is -1.34. The van der Waals surface area contributed by atoms with Crippen molar-refractivity contribution < 1.29 is 4.79 Å². The van der Waals surface area contributed by atoms with Gasteiger partial charge in [-0.2, -0.15) is 5.10 Å². The number of carbonyl (C=O) groups excluding carboxylic acids is 1. The number of nitrogens with zero attached hydrogens (tertiary/aromatic N) is 1. The summed E-state index contributed by atoms with van der Waals surface area (Å²) in [6.07, 6.45) is 1.41. The Balaban J connectivity index is 1.96. The van der Waals surface area contributed by atoms with Crippen molar-refractivity contribution in [1.29, 1.82) is 0 Å². The van der Waals surface area contributed by atoms with Gasteiger partial charge in [0, 0.05) is 14.7 Å². The molecule has 0 aromatic carbocycles. The Labute approximate surface area is 104 Å². The fourth-order valence-electron chi connectivity index (χ4n) is 1.18. The molecule has 1 amide bonds. The number of aromatic amines is 1. The Morgan fingerprint density at radius 3 is 3.06 bits per heavy atom. The van der Waals surface area contributed by atoms with E-state index in [1.165, 1.54) is 6.20 Å². The summed E-state index contributed by atoms with van der Waals surface area (Å²) >= 11 is 4.93. The van der Waals surface area contributed by atoms with Gasteiger partial charge < -0.3 is 11.1 Å². The third-order valence-electron chi connectivity index (χ3n) is 1.94. The monoisotopic (exact) mass is 300 g/mol. The van der Waals surface area contributed by atoms with E-state index in [4.69, 9.17) is 5.73 Å². The molecule has 7 heteroatoms. The van der Waals surface area contributed by atoms with E-state index in [1.807, 2.05) is 11.4 Å². The molecule has 0 saturated heterocycles. The zero-order chi connectivity index (χ0) is 11.5. The van der Waals surface area contributed by atoms with Crippen LogP contribution in [0.2, 0.25) is 0 Å². The molecule has 0 saturated carbocycles. The Bertz CT molecular complexity index is 507. The van der Waals surface area contributed by atoms with Gasteiger partial charge in [-0.05, 0) is 22.0 Å². The number of thiophene rings is 1. The second-order valence-electron chi connectivity index (χ2n) is 3.11. The standard InChI is InChI=1S/C9H9BrN4OS/c10-5-1-6(16-4-5)2-12-9(15)8-7(11)3-13-14-8/h1,3-4H,2,11H2,(H,12,15)(H,13,14). The van der Waals surface area contributed by atoms with Gasteiger partial charge in [0.1, 0.15) is 5.69 Å². The van der Waals surface area contributed by atoms with E-state index in [9.17, 15) is 4.79 Å². The van der Waals surface area contributed by atoms with Crippen molar-refractivity contribution >= 4 is 38.9 Å². The lowest BCUT2D eigenvalue weighted by Crippen LogP contribution is -2.23. The third kappa shape index (κ3) is 2.42. The summed E-state index contributed by atoms with van der Waals surface area (Å²) in [4.78, 5) is 12.7.